The normalized spacial score (nSPS) is 17.7. The molecule has 0 unspecified atom stereocenters. The van der Waals surface area contributed by atoms with Crippen LogP contribution < -0.4 is 11.3 Å². The quantitative estimate of drug-likeness (QED) is 0.415. The third-order valence-electron chi connectivity index (χ3n) is 3.88. The van der Waals surface area contributed by atoms with E-state index in [0.29, 0.717) is 0 Å². The Morgan fingerprint density at radius 3 is 2.76 bits per heavy atom. The lowest BCUT2D eigenvalue weighted by Gasteiger charge is -2.39. The zero-order valence-electron chi connectivity index (χ0n) is 9.49. The zero-order valence-corrected chi connectivity index (χ0v) is 9.49. The van der Waals surface area contributed by atoms with Crippen molar-refractivity contribution in [1.29, 1.82) is 0 Å². The molecule has 2 aromatic rings. The van der Waals surface area contributed by atoms with Crippen LogP contribution in [0.5, 0.6) is 0 Å². The van der Waals surface area contributed by atoms with E-state index in [4.69, 9.17) is 5.84 Å². The van der Waals surface area contributed by atoms with E-state index in [-0.39, 0.29) is 5.91 Å². The number of H-pyrrole nitrogens is 1. The molecule has 4 N–H and O–H groups in total. The fourth-order valence-electron chi connectivity index (χ4n) is 2.75. The average molecular weight is 229 g/mol. The molecule has 0 spiro atoms. The summed E-state index contributed by atoms with van der Waals surface area (Å²) < 4.78 is 0. The molecule has 4 heteroatoms. The number of carbonyl (C=O) groups excluding carboxylic acids is 1. The summed E-state index contributed by atoms with van der Waals surface area (Å²) in [6, 6.07) is 8.04. The predicted octanol–water partition coefficient (Wildman–Crippen LogP) is 1.58. The van der Waals surface area contributed by atoms with Crippen molar-refractivity contribution in [3.05, 3.63) is 36.0 Å². The van der Waals surface area contributed by atoms with Gasteiger partial charge in [-0.25, -0.2) is 5.84 Å². The van der Waals surface area contributed by atoms with E-state index in [9.17, 15) is 4.79 Å². The van der Waals surface area contributed by atoms with Gasteiger partial charge in [0.15, 0.2) is 0 Å². The van der Waals surface area contributed by atoms with Gasteiger partial charge >= 0.3 is 0 Å². The SMILES string of the molecule is NNC(=O)C1(c2c[nH]c3ccccc23)CCC1. The number of hydrogen-bond donors (Lipinski definition) is 3. The molecule has 1 heterocycles. The van der Waals surface area contributed by atoms with Gasteiger partial charge in [0, 0.05) is 17.1 Å². The van der Waals surface area contributed by atoms with E-state index in [1.54, 1.807) is 0 Å². The van der Waals surface area contributed by atoms with E-state index >= 15 is 0 Å². The van der Waals surface area contributed by atoms with Gasteiger partial charge in [0.1, 0.15) is 0 Å². The first-order chi connectivity index (χ1) is 8.28. The maximum Gasteiger partial charge on any atom is 0.244 e. The second kappa shape index (κ2) is 3.60. The number of hydrogen-bond acceptors (Lipinski definition) is 2. The van der Waals surface area contributed by atoms with Crippen molar-refractivity contribution >= 4 is 16.8 Å². The van der Waals surface area contributed by atoms with Gasteiger partial charge in [-0.1, -0.05) is 24.6 Å². The molecule has 0 atom stereocenters. The highest BCUT2D eigenvalue weighted by Gasteiger charge is 2.46. The number of aromatic amines is 1. The maximum atomic E-state index is 12.0. The topological polar surface area (TPSA) is 70.9 Å². The molecule has 0 radical (unpaired) electrons. The van der Waals surface area contributed by atoms with Crippen LogP contribution in [-0.2, 0) is 10.2 Å². The Labute approximate surface area is 99.2 Å². The number of para-hydroxylation sites is 1. The Morgan fingerprint density at radius 2 is 2.12 bits per heavy atom. The first kappa shape index (κ1) is 10.4. The van der Waals surface area contributed by atoms with Crippen molar-refractivity contribution in [2.45, 2.75) is 24.7 Å². The highest BCUT2D eigenvalue weighted by atomic mass is 16.2. The van der Waals surface area contributed by atoms with Gasteiger partial charge in [-0.05, 0) is 24.5 Å². The molecule has 3 rings (SSSR count). The van der Waals surface area contributed by atoms with Gasteiger partial charge in [0.05, 0.1) is 5.41 Å². The number of aromatic nitrogens is 1. The third kappa shape index (κ3) is 1.31. The molecule has 1 amide bonds. The Balaban J connectivity index is 2.17. The van der Waals surface area contributed by atoms with E-state index in [0.717, 1.165) is 35.7 Å². The number of hydrazine groups is 1. The van der Waals surface area contributed by atoms with Gasteiger partial charge in [0.25, 0.3) is 0 Å². The lowest BCUT2D eigenvalue weighted by Crippen LogP contribution is -2.51. The molecular weight excluding hydrogens is 214 g/mol. The first-order valence-corrected chi connectivity index (χ1v) is 5.85. The van der Waals surface area contributed by atoms with Gasteiger partial charge in [-0.2, -0.15) is 0 Å². The van der Waals surface area contributed by atoms with Crippen LogP contribution in [0, 0.1) is 0 Å². The van der Waals surface area contributed by atoms with E-state index in [1.807, 2.05) is 30.5 Å². The van der Waals surface area contributed by atoms with Crippen LogP contribution in [0.15, 0.2) is 30.5 Å². The Morgan fingerprint density at radius 1 is 1.35 bits per heavy atom. The van der Waals surface area contributed by atoms with Gasteiger partial charge in [-0.15, -0.1) is 0 Å². The fraction of sp³-hybridized carbons (Fsp3) is 0.308. The molecule has 1 aromatic heterocycles. The zero-order chi connectivity index (χ0) is 11.9. The first-order valence-electron chi connectivity index (χ1n) is 5.85. The molecule has 1 aromatic carbocycles. The monoisotopic (exact) mass is 229 g/mol. The molecular formula is C13H15N3O. The molecule has 1 saturated carbocycles. The summed E-state index contributed by atoms with van der Waals surface area (Å²) in [5.74, 6) is 5.23. The van der Waals surface area contributed by atoms with Crippen molar-refractivity contribution in [3.8, 4) is 0 Å². The van der Waals surface area contributed by atoms with Gasteiger partial charge in [-0.3, -0.25) is 10.2 Å². The second-order valence-corrected chi connectivity index (χ2v) is 4.66. The summed E-state index contributed by atoms with van der Waals surface area (Å²) in [7, 11) is 0. The molecule has 17 heavy (non-hydrogen) atoms. The van der Waals surface area contributed by atoms with E-state index < -0.39 is 5.41 Å². The van der Waals surface area contributed by atoms with Crippen LogP contribution >= 0.6 is 0 Å². The van der Waals surface area contributed by atoms with Gasteiger partial charge in [0.2, 0.25) is 5.91 Å². The Hall–Kier alpha value is -1.81. The summed E-state index contributed by atoms with van der Waals surface area (Å²) in [5, 5.41) is 1.12. The summed E-state index contributed by atoms with van der Waals surface area (Å²) >= 11 is 0. The van der Waals surface area contributed by atoms with E-state index in [1.165, 1.54) is 0 Å². The van der Waals surface area contributed by atoms with Crippen molar-refractivity contribution in [1.82, 2.24) is 10.4 Å². The minimum Gasteiger partial charge on any atom is -0.361 e. The third-order valence-corrected chi connectivity index (χ3v) is 3.88. The fourth-order valence-corrected chi connectivity index (χ4v) is 2.75. The number of carbonyl (C=O) groups is 1. The molecule has 1 aliphatic rings. The number of rotatable bonds is 2. The van der Waals surface area contributed by atoms with Crippen molar-refractivity contribution in [3.63, 3.8) is 0 Å². The van der Waals surface area contributed by atoms with Crippen LogP contribution in [0.1, 0.15) is 24.8 Å². The minimum absolute atomic E-state index is 0.0755. The number of nitrogens with one attached hydrogen (secondary N) is 2. The largest absolute Gasteiger partial charge is 0.361 e. The van der Waals surface area contributed by atoms with Crippen LogP contribution in [0.25, 0.3) is 10.9 Å². The van der Waals surface area contributed by atoms with Crippen molar-refractivity contribution < 1.29 is 4.79 Å². The average Bonchev–Trinajstić information content (AvgIpc) is 2.72. The molecule has 0 saturated heterocycles. The molecule has 0 aliphatic heterocycles. The Bertz CT molecular complexity index is 569. The molecule has 1 aliphatic carbocycles. The number of nitrogens with two attached hydrogens (primary N) is 1. The lowest BCUT2D eigenvalue weighted by molar-refractivity contribution is -0.129. The van der Waals surface area contributed by atoms with Crippen LogP contribution in [-0.4, -0.2) is 10.9 Å². The van der Waals surface area contributed by atoms with E-state index in [2.05, 4.69) is 10.4 Å². The summed E-state index contributed by atoms with van der Waals surface area (Å²) in [5.41, 5.74) is 4.03. The van der Waals surface area contributed by atoms with Gasteiger partial charge < -0.3 is 4.98 Å². The standard InChI is InChI=1S/C13H15N3O/c14-16-12(17)13(6-3-7-13)10-8-15-11-5-2-1-4-9(10)11/h1-2,4-5,8,15H,3,6-7,14H2,(H,16,17). The van der Waals surface area contributed by atoms with Crippen LogP contribution in [0.2, 0.25) is 0 Å². The summed E-state index contributed by atoms with van der Waals surface area (Å²) in [6.07, 6.45) is 4.77. The summed E-state index contributed by atoms with van der Waals surface area (Å²) in [4.78, 5) is 15.2. The molecule has 4 nitrogen and oxygen atoms in total. The van der Waals surface area contributed by atoms with Crippen molar-refractivity contribution in [2.75, 3.05) is 0 Å². The Kier molecular flexibility index (Phi) is 2.19. The number of fused-ring (bicyclic) bond motifs is 1. The molecule has 88 valence electrons. The maximum absolute atomic E-state index is 12.0. The van der Waals surface area contributed by atoms with Crippen LogP contribution in [0.3, 0.4) is 0 Å². The number of amides is 1. The second-order valence-electron chi connectivity index (χ2n) is 4.66. The van der Waals surface area contributed by atoms with Crippen LogP contribution in [0.4, 0.5) is 0 Å². The highest BCUT2D eigenvalue weighted by Crippen LogP contribution is 2.46. The minimum atomic E-state index is -0.422. The number of benzene rings is 1. The smallest absolute Gasteiger partial charge is 0.244 e. The van der Waals surface area contributed by atoms with Crippen molar-refractivity contribution in [2.24, 2.45) is 5.84 Å². The summed E-state index contributed by atoms with van der Waals surface area (Å²) in [6.45, 7) is 0. The lowest BCUT2D eigenvalue weighted by atomic mass is 9.64. The highest BCUT2D eigenvalue weighted by molar-refractivity contribution is 5.95. The molecule has 1 fully saturated rings. The predicted molar refractivity (Wildman–Crippen MR) is 66.2 cm³/mol. The molecule has 0 bridgehead atoms.